The van der Waals surface area contributed by atoms with Gasteiger partial charge >= 0.3 is 0 Å². The molecule has 3 heterocycles. The van der Waals surface area contributed by atoms with E-state index in [2.05, 4.69) is 0 Å². The van der Waals surface area contributed by atoms with Crippen LogP contribution in [-0.4, -0.2) is 60.3 Å². The number of carbonyl (C=O) groups excluding carboxylic acids is 2. The maximum Gasteiger partial charge on any atom is 0.265 e. The van der Waals surface area contributed by atoms with Gasteiger partial charge in [-0.05, 0) is 25.7 Å². The van der Waals surface area contributed by atoms with Gasteiger partial charge in [0.15, 0.2) is 9.84 Å². The van der Waals surface area contributed by atoms with E-state index in [9.17, 15) is 18.0 Å². The maximum absolute atomic E-state index is 12.6. The summed E-state index contributed by atoms with van der Waals surface area (Å²) < 4.78 is 24.2. The quantitative estimate of drug-likeness (QED) is 0.636. The predicted molar refractivity (Wildman–Crippen MR) is 63.3 cm³/mol. The van der Waals surface area contributed by atoms with E-state index in [1.807, 2.05) is 0 Å². The lowest BCUT2D eigenvalue weighted by Gasteiger charge is -2.45. The van der Waals surface area contributed by atoms with E-state index in [-0.39, 0.29) is 18.2 Å². The fraction of sp³-hybridized carbons (Fsp3) is 0.818. The zero-order valence-electron chi connectivity index (χ0n) is 10.3. The van der Waals surface area contributed by atoms with Crippen molar-refractivity contribution in [3.63, 3.8) is 0 Å². The van der Waals surface area contributed by atoms with Crippen LogP contribution in [0.15, 0.2) is 0 Å². The summed E-state index contributed by atoms with van der Waals surface area (Å²) in [7, 11) is -3.63. The Hall–Kier alpha value is -1.11. The lowest BCUT2D eigenvalue weighted by molar-refractivity contribution is -0.159. The van der Waals surface area contributed by atoms with Crippen LogP contribution < -0.4 is 0 Å². The van der Waals surface area contributed by atoms with E-state index < -0.39 is 20.8 Å². The number of hydrogen-bond acceptors (Lipinski definition) is 4. The van der Waals surface area contributed by atoms with Crippen molar-refractivity contribution in [3.05, 3.63) is 0 Å². The average Bonchev–Trinajstić information content (AvgIpc) is 2.92. The molecule has 3 aliphatic heterocycles. The highest BCUT2D eigenvalue weighted by Gasteiger charge is 2.64. The number of piperazine rings is 1. The molecule has 6 nitrogen and oxygen atoms in total. The van der Waals surface area contributed by atoms with Gasteiger partial charge in [0.05, 0.1) is 0 Å². The van der Waals surface area contributed by atoms with E-state index in [0.29, 0.717) is 25.9 Å². The van der Waals surface area contributed by atoms with Crippen molar-refractivity contribution in [1.82, 2.24) is 9.80 Å². The summed E-state index contributed by atoms with van der Waals surface area (Å²) in [5, 5.41) is 0. The van der Waals surface area contributed by atoms with Gasteiger partial charge in [0.2, 0.25) is 10.8 Å². The molecule has 0 aromatic rings. The third-order valence-electron chi connectivity index (χ3n) is 4.35. The van der Waals surface area contributed by atoms with Gasteiger partial charge in [-0.15, -0.1) is 0 Å². The third-order valence-corrected chi connectivity index (χ3v) is 6.17. The fourth-order valence-electron chi connectivity index (χ4n) is 3.52. The molecule has 2 unspecified atom stereocenters. The van der Waals surface area contributed by atoms with E-state index in [1.54, 1.807) is 0 Å². The molecule has 2 amide bonds. The van der Waals surface area contributed by atoms with Crippen LogP contribution in [0, 0.1) is 0 Å². The molecule has 0 aromatic carbocycles. The summed E-state index contributed by atoms with van der Waals surface area (Å²) in [6.07, 6.45) is 3.30. The first-order chi connectivity index (χ1) is 8.39. The van der Waals surface area contributed by atoms with Gasteiger partial charge in [-0.25, -0.2) is 8.42 Å². The summed E-state index contributed by atoms with van der Waals surface area (Å²) in [6.45, 7) is 0.877. The summed E-state index contributed by atoms with van der Waals surface area (Å²) in [4.78, 5) is 26.1. The number of sulfone groups is 1. The van der Waals surface area contributed by atoms with E-state index >= 15 is 0 Å². The van der Waals surface area contributed by atoms with Crippen molar-refractivity contribution in [3.8, 4) is 0 Å². The fourth-order valence-corrected chi connectivity index (χ4v) is 5.05. The first-order valence-electron chi connectivity index (χ1n) is 6.22. The Labute approximate surface area is 106 Å². The monoisotopic (exact) mass is 272 g/mol. The molecular weight excluding hydrogens is 256 g/mol. The predicted octanol–water partition coefficient (Wildman–Crippen LogP) is -0.646. The molecule has 100 valence electrons. The zero-order valence-corrected chi connectivity index (χ0v) is 11.1. The van der Waals surface area contributed by atoms with Crippen molar-refractivity contribution >= 4 is 21.7 Å². The Morgan fingerprint density at radius 2 is 1.94 bits per heavy atom. The van der Waals surface area contributed by atoms with Crippen molar-refractivity contribution < 1.29 is 18.0 Å². The normalized spacial score (nSPS) is 35.9. The Morgan fingerprint density at radius 1 is 1.22 bits per heavy atom. The van der Waals surface area contributed by atoms with Crippen LogP contribution in [0.2, 0.25) is 0 Å². The molecule has 7 heteroatoms. The van der Waals surface area contributed by atoms with Gasteiger partial charge in [-0.3, -0.25) is 9.59 Å². The molecule has 3 fully saturated rings. The number of carbonyl (C=O) groups is 2. The minimum absolute atomic E-state index is 0.185. The SMILES string of the molecule is CS(=O)(=O)C12CCCN1C(=O)C1CCCN1C2=O. The van der Waals surface area contributed by atoms with Crippen LogP contribution in [0.1, 0.15) is 25.7 Å². The minimum atomic E-state index is -3.63. The number of amides is 2. The molecule has 3 rings (SSSR count). The summed E-state index contributed by atoms with van der Waals surface area (Å²) in [5.41, 5.74) is 0. The van der Waals surface area contributed by atoms with E-state index in [0.717, 1.165) is 12.7 Å². The van der Waals surface area contributed by atoms with Crippen molar-refractivity contribution in [1.29, 1.82) is 0 Å². The van der Waals surface area contributed by atoms with Crippen LogP contribution in [0.3, 0.4) is 0 Å². The molecule has 18 heavy (non-hydrogen) atoms. The standard InChI is InChI=1S/C11H16N2O4S/c1-18(16,17)11-5-3-7-13(11)9(14)8-4-2-6-12(8)10(11)15/h8H,2-7H2,1H3. The first kappa shape index (κ1) is 12.0. The van der Waals surface area contributed by atoms with Crippen LogP contribution in [0.5, 0.6) is 0 Å². The Kier molecular flexibility index (Phi) is 2.30. The molecule has 0 saturated carbocycles. The molecule has 3 saturated heterocycles. The van der Waals surface area contributed by atoms with Gasteiger partial charge in [0.1, 0.15) is 6.04 Å². The van der Waals surface area contributed by atoms with Gasteiger partial charge in [0.25, 0.3) is 5.91 Å². The number of fused-ring (bicyclic) bond motifs is 2. The molecular formula is C11H16N2O4S. The van der Waals surface area contributed by atoms with Crippen LogP contribution >= 0.6 is 0 Å². The highest BCUT2D eigenvalue weighted by atomic mass is 32.2. The molecule has 0 bridgehead atoms. The average molecular weight is 272 g/mol. The van der Waals surface area contributed by atoms with Gasteiger partial charge in [-0.1, -0.05) is 0 Å². The maximum atomic E-state index is 12.6. The lowest BCUT2D eigenvalue weighted by atomic mass is 10.1. The van der Waals surface area contributed by atoms with Crippen LogP contribution in [0.4, 0.5) is 0 Å². The second-order valence-corrected chi connectivity index (χ2v) is 7.53. The summed E-state index contributed by atoms with van der Waals surface area (Å²) in [6, 6.07) is -0.425. The molecule has 0 aromatic heterocycles. The Bertz CT molecular complexity index is 529. The molecule has 0 radical (unpaired) electrons. The van der Waals surface area contributed by atoms with Gasteiger partial charge in [0, 0.05) is 19.3 Å². The largest absolute Gasteiger partial charge is 0.328 e. The van der Waals surface area contributed by atoms with Crippen molar-refractivity contribution in [2.75, 3.05) is 19.3 Å². The molecule has 2 atom stereocenters. The van der Waals surface area contributed by atoms with Crippen LogP contribution in [0.25, 0.3) is 0 Å². The van der Waals surface area contributed by atoms with Crippen molar-refractivity contribution in [2.45, 2.75) is 36.6 Å². The zero-order chi connectivity index (χ0) is 13.1. The van der Waals surface area contributed by atoms with Crippen LogP contribution in [-0.2, 0) is 19.4 Å². The highest BCUT2D eigenvalue weighted by Crippen LogP contribution is 2.42. The lowest BCUT2D eigenvalue weighted by Crippen LogP contribution is -2.70. The van der Waals surface area contributed by atoms with Gasteiger partial charge in [-0.2, -0.15) is 0 Å². The third kappa shape index (κ3) is 1.20. The van der Waals surface area contributed by atoms with E-state index in [4.69, 9.17) is 0 Å². The summed E-state index contributed by atoms with van der Waals surface area (Å²) >= 11 is 0. The first-order valence-corrected chi connectivity index (χ1v) is 8.11. The van der Waals surface area contributed by atoms with E-state index in [1.165, 1.54) is 9.80 Å². The highest BCUT2D eigenvalue weighted by molar-refractivity contribution is 7.92. The topological polar surface area (TPSA) is 74.8 Å². The second kappa shape index (κ2) is 3.46. The van der Waals surface area contributed by atoms with Gasteiger partial charge < -0.3 is 9.80 Å². The number of hydrogen-bond donors (Lipinski definition) is 0. The second-order valence-electron chi connectivity index (χ2n) is 5.31. The number of nitrogens with zero attached hydrogens (tertiary/aromatic N) is 2. The molecule has 0 N–H and O–H groups in total. The minimum Gasteiger partial charge on any atom is -0.328 e. The summed E-state index contributed by atoms with van der Waals surface area (Å²) in [5.74, 6) is -0.570. The Balaban J connectivity index is 2.17. The molecule has 0 spiro atoms. The number of rotatable bonds is 1. The molecule has 0 aliphatic carbocycles. The Morgan fingerprint density at radius 3 is 2.61 bits per heavy atom. The molecule has 3 aliphatic rings. The van der Waals surface area contributed by atoms with Crippen molar-refractivity contribution in [2.24, 2.45) is 0 Å². The smallest absolute Gasteiger partial charge is 0.265 e.